The molecule has 1 unspecified atom stereocenters. The number of aromatic nitrogens is 10. The number of pyridine rings is 2. The largest absolute Gasteiger partial charge is 0.356 e. The van der Waals surface area contributed by atoms with Gasteiger partial charge in [-0.25, -0.2) is 34.6 Å². The van der Waals surface area contributed by atoms with Crippen LogP contribution in [-0.2, 0) is 40.3 Å². The normalized spacial score (nSPS) is 21.8. The van der Waals surface area contributed by atoms with E-state index in [1.165, 1.54) is 19.3 Å². The Morgan fingerprint density at radius 1 is 0.588 bits per heavy atom. The second kappa shape index (κ2) is 22.0. The second-order valence-corrected chi connectivity index (χ2v) is 25.1. The summed E-state index contributed by atoms with van der Waals surface area (Å²) in [5.41, 5.74) is 15.2. The highest BCUT2D eigenvalue weighted by Crippen LogP contribution is 2.37. The van der Waals surface area contributed by atoms with E-state index in [1.807, 2.05) is 41.3 Å². The summed E-state index contributed by atoms with van der Waals surface area (Å²) in [5.74, 6) is 3.99. The third-order valence-electron chi connectivity index (χ3n) is 17.0. The van der Waals surface area contributed by atoms with Crippen molar-refractivity contribution in [1.29, 1.82) is 0 Å². The smallest absolute Gasteiger partial charge is 0.233 e. The van der Waals surface area contributed by atoms with E-state index >= 15 is 0 Å². The number of carbonyl (C=O) groups excluding carboxylic acids is 2. The van der Waals surface area contributed by atoms with Crippen molar-refractivity contribution in [3.05, 3.63) is 93.1 Å². The van der Waals surface area contributed by atoms with Gasteiger partial charge in [0.05, 0.1) is 65.8 Å². The molecule has 418 valence electrons. The van der Waals surface area contributed by atoms with E-state index in [9.17, 15) is 9.59 Å². The number of aliphatic imine (C=N–C) groups is 2. The van der Waals surface area contributed by atoms with Crippen LogP contribution in [-0.4, -0.2) is 125 Å². The van der Waals surface area contributed by atoms with E-state index in [2.05, 4.69) is 112 Å². The highest BCUT2D eigenvalue weighted by molar-refractivity contribution is 14.1. The maximum atomic E-state index is 12.7. The molecule has 21 nitrogen and oxygen atoms in total. The van der Waals surface area contributed by atoms with Crippen molar-refractivity contribution in [3.63, 3.8) is 0 Å². The molecule has 4 fully saturated rings. The molecular weight excluding hydrogens is 1120 g/mol. The van der Waals surface area contributed by atoms with Crippen LogP contribution in [0.3, 0.4) is 0 Å². The molecule has 6 aromatic rings. The molecule has 1 atom stereocenters. The SMILES string of the molecule is CC1(C)CCN(c2cnc3c(I)nn(C4CCCCO4)c3n2)CC1.CC1(C)CCN(c2cnc3c(n2)CN=C3N2C(=O)CCc3ncccc32)CC1.CC1(N)CCN(c2cnc3c(n2)CN=C3N2C(=O)CCc3ncccc32)CC1. The van der Waals surface area contributed by atoms with Crippen molar-refractivity contribution in [2.75, 3.05) is 70.4 Å². The number of fused-ring (bicyclic) bond motifs is 5. The number of hydrogen-bond donors (Lipinski definition) is 1. The Balaban J connectivity index is 0.000000120. The zero-order valence-electron chi connectivity index (χ0n) is 46.6. The molecule has 0 bridgehead atoms. The summed E-state index contributed by atoms with van der Waals surface area (Å²) >= 11 is 2.24. The minimum absolute atomic E-state index is 0.00500. The molecule has 0 aliphatic carbocycles. The molecule has 80 heavy (non-hydrogen) atoms. The van der Waals surface area contributed by atoms with Gasteiger partial charge in [-0.05, 0) is 122 Å². The molecule has 14 heterocycles. The van der Waals surface area contributed by atoms with E-state index in [4.69, 9.17) is 25.4 Å². The highest BCUT2D eigenvalue weighted by atomic mass is 127. The molecule has 0 saturated carbocycles. The number of nitrogens with zero attached hydrogens (tertiary/aromatic N) is 17. The number of aryl methyl sites for hydroxylation is 2. The summed E-state index contributed by atoms with van der Waals surface area (Å²) in [5, 5.41) is 4.66. The van der Waals surface area contributed by atoms with E-state index in [1.54, 1.807) is 28.4 Å². The van der Waals surface area contributed by atoms with Crippen LogP contribution in [0.25, 0.3) is 11.2 Å². The van der Waals surface area contributed by atoms with E-state index < -0.39 is 0 Å². The summed E-state index contributed by atoms with van der Waals surface area (Å²) in [6.07, 6.45) is 21.1. The monoisotopic (exact) mass is 1190 g/mol. The minimum atomic E-state index is -0.104. The lowest BCUT2D eigenvalue weighted by Gasteiger charge is -2.37. The molecule has 14 rings (SSSR count). The lowest BCUT2D eigenvalue weighted by molar-refractivity contribution is -0.118. The first-order valence-corrected chi connectivity index (χ1v) is 29.6. The fraction of sp³-hybridized carbons (Fsp3) is 0.534. The summed E-state index contributed by atoms with van der Waals surface area (Å²) in [6.45, 7) is 19.0. The van der Waals surface area contributed by atoms with Crippen LogP contribution in [0.2, 0.25) is 0 Å². The molecule has 0 radical (unpaired) electrons. The predicted octanol–water partition coefficient (Wildman–Crippen LogP) is 7.92. The van der Waals surface area contributed by atoms with Gasteiger partial charge in [0.2, 0.25) is 11.8 Å². The number of ether oxygens (including phenoxy) is 1. The molecule has 6 aromatic heterocycles. The van der Waals surface area contributed by atoms with E-state index in [-0.39, 0.29) is 23.6 Å². The van der Waals surface area contributed by atoms with Crippen LogP contribution in [0, 0.1) is 14.5 Å². The first-order valence-electron chi connectivity index (χ1n) is 28.5. The van der Waals surface area contributed by atoms with Crippen LogP contribution >= 0.6 is 22.6 Å². The number of piperidine rings is 3. The summed E-state index contributed by atoms with van der Waals surface area (Å²) < 4.78 is 8.76. The van der Waals surface area contributed by atoms with Gasteiger partial charge in [-0.1, -0.05) is 27.7 Å². The minimum Gasteiger partial charge on any atom is -0.356 e. The van der Waals surface area contributed by atoms with Gasteiger partial charge >= 0.3 is 0 Å². The van der Waals surface area contributed by atoms with Crippen molar-refractivity contribution in [2.24, 2.45) is 26.5 Å². The molecule has 4 saturated heterocycles. The standard InChI is InChI=1S/C21H24N6O.C20H23N7O.C17H24IN5O/c1-21(2)7-10-26(11-8-21)17-13-23-19-15(25-17)12-24-20(19)27-16-4-3-9-22-14(16)5-6-18(27)28;1-20(21)6-9-26(10-7-20)16-12-23-18-14(25-16)11-24-19(18)27-15-3-2-8-22-13(15)4-5-17(27)28;1-17(2)6-8-22(9-7-17)12-11-19-14-15(18)21-23(16(14)20-12)13-5-3-4-10-24-13/h3-4,9,13H,5-8,10-12H2,1-2H3;2-3,8,12H,4-7,9-11,21H2,1H3;11,13H,3-10H2,1-2H3. The lowest BCUT2D eigenvalue weighted by Crippen LogP contribution is -2.48. The first-order chi connectivity index (χ1) is 38.6. The van der Waals surface area contributed by atoms with Crippen molar-refractivity contribution in [2.45, 2.75) is 143 Å². The number of halogens is 1. The Morgan fingerprint density at radius 2 is 1.06 bits per heavy atom. The zero-order valence-corrected chi connectivity index (χ0v) is 48.8. The average Bonchev–Trinajstić information content (AvgIpc) is 4.18. The van der Waals surface area contributed by atoms with Gasteiger partial charge in [-0.3, -0.25) is 39.3 Å². The van der Waals surface area contributed by atoms with Crippen molar-refractivity contribution in [3.8, 4) is 0 Å². The Morgan fingerprint density at radius 3 is 1.55 bits per heavy atom. The third-order valence-corrected chi connectivity index (χ3v) is 17.7. The number of anilines is 5. The summed E-state index contributed by atoms with van der Waals surface area (Å²) in [6, 6.07) is 7.54. The van der Waals surface area contributed by atoms with Gasteiger partial charge in [0.1, 0.15) is 34.4 Å². The van der Waals surface area contributed by atoms with E-state index in [0.29, 0.717) is 72.7 Å². The highest BCUT2D eigenvalue weighted by Gasteiger charge is 2.37. The van der Waals surface area contributed by atoms with Crippen LogP contribution in [0.1, 0.15) is 146 Å². The van der Waals surface area contributed by atoms with Crippen LogP contribution in [0.5, 0.6) is 0 Å². The van der Waals surface area contributed by atoms with Crippen molar-refractivity contribution >= 4 is 86.1 Å². The fourth-order valence-corrected chi connectivity index (χ4v) is 12.3. The topological polar surface area (TPSA) is 231 Å². The maximum absolute atomic E-state index is 12.7. The number of rotatable bonds is 4. The van der Waals surface area contributed by atoms with Gasteiger partial charge in [0, 0.05) is 89.5 Å². The number of nitrogens with two attached hydrogens (primary N) is 1. The second-order valence-electron chi connectivity index (χ2n) is 24.1. The average molecular weight is 1200 g/mol. The fourth-order valence-electron chi connectivity index (χ4n) is 11.7. The third kappa shape index (κ3) is 11.1. The van der Waals surface area contributed by atoms with Crippen LogP contribution in [0.4, 0.5) is 28.8 Å². The molecule has 2 amide bonds. The van der Waals surface area contributed by atoms with Crippen LogP contribution in [0.15, 0.2) is 65.2 Å². The Labute approximate surface area is 480 Å². The predicted molar refractivity (Wildman–Crippen MR) is 316 cm³/mol. The maximum Gasteiger partial charge on any atom is 0.233 e. The summed E-state index contributed by atoms with van der Waals surface area (Å²) in [4.78, 5) is 82.3. The lowest BCUT2D eigenvalue weighted by atomic mass is 9.83. The summed E-state index contributed by atoms with van der Waals surface area (Å²) in [7, 11) is 0. The number of hydrogen-bond acceptors (Lipinski definition) is 18. The molecule has 2 N–H and O–H groups in total. The number of amidine groups is 2. The molecule has 0 aromatic carbocycles. The number of amides is 2. The van der Waals surface area contributed by atoms with E-state index in [0.717, 1.165) is 151 Å². The van der Waals surface area contributed by atoms with Gasteiger partial charge in [0.25, 0.3) is 0 Å². The van der Waals surface area contributed by atoms with Crippen LogP contribution < -0.4 is 30.2 Å². The Kier molecular flexibility index (Phi) is 14.8. The Hall–Kier alpha value is -6.66. The Bertz CT molecular complexity index is 3220. The molecule has 8 aliphatic heterocycles. The van der Waals surface area contributed by atoms with Gasteiger partial charge in [-0.15, -0.1) is 0 Å². The molecule has 8 aliphatic rings. The van der Waals surface area contributed by atoms with Gasteiger partial charge < -0.3 is 25.2 Å². The van der Waals surface area contributed by atoms with Crippen molar-refractivity contribution < 1.29 is 14.3 Å². The molecular formula is C58H71IN18O3. The van der Waals surface area contributed by atoms with Gasteiger partial charge in [-0.2, -0.15) is 5.10 Å². The number of carbonyl (C=O) groups is 2. The quantitative estimate of drug-likeness (QED) is 0.165. The van der Waals surface area contributed by atoms with Crippen molar-refractivity contribution in [1.82, 2.24) is 49.7 Å². The molecule has 22 heteroatoms. The molecule has 0 spiro atoms. The zero-order chi connectivity index (χ0) is 55.3. The first kappa shape index (κ1) is 54.0. The van der Waals surface area contributed by atoms with Gasteiger partial charge in [0.15, 0.2) is 27.2 Å².